The summed E-state index contributed by atoms with van der Waals surface area (Å²) in [6, 6.07) is 10.2. The molecule has 184 valence electrons. The number of carbonyl (C=O) groups excluding carboxylic acids is 1. The van der Waals surface area contributed by atoms with Crippen molar-refractivity contribution in [3.8, 4) is 0 Å². The standard InChI is InChI=1S/C25H29N5O4S/c1-16-27-21-15-26-23-20(12-13-29(23)35(32,33)19-8-6-5-7-9-19)22(21)30(16)18-11-10-17(14-18)28-24(31)34-25(2,3)4/h5-9,12-13,15,17-18H,10-11,14H2,1-4H3,(H,28,31)/t17-,18-/m1/s1. The van der Waals surface area contributed by atoms with Crippen molar-refractivity contribution in [2.75, 3.05) is 0 Å². The zero-order valence-electron chi connectivity index (χ0n) is 20.2. The molecule has 5 rings (SSSR count). The van der Waals surface area contributed by atoms with E-state index in [1.54, 1.807) is 48.8 Å². The Balaban J connectivity index is 1.51. The van der Waals surface area contributed by atoms with E-state index in [4.69, 9.17) is 9.72 Å². The molecule has 0 bridgehead atoms. The van der Waals surface area contributed by atoms with E-state index in [0.717, 1.165) is 36.0 Å². The van der Waals surface area contributed by atoms with E-state index in [0.29, 0.717) is 11.2 Å². The van der Waals surface area contributed by atoms with Crippen LogP contribution in [0.1, 0.15) is 51.9 Å². The van der Waals surface area contributed by atoms with Crippen LogP contribution in [-0.4, -0.2) is 44.7 Å². The number of alkyl carbamates (subject to hydrolysis) is 1. The Hall–Kier alpha value is -3.40. The van der Waals surface area contributed by atoms with E-state index in [-0.39, 0.29) is 17.0 Å². The predicted octanol–water partition coefficient (Wildman–Crippen LogP) is 4.55. The number of hydrogen-bond acceptors (Lipinski definition) is 6. The molecule has 2 atom stereocenters. The third-order valence-corrected chi connectivity index (χ3v) is 7.98. The fourth-order valence-electron chi connectivity index (χ4n) is 4.91. The molecule has 1 aliphatic rings. The maximum Gasteiger partial charge on any atom is 0.407 e. The maximum atomic E-state index is 13.3. The van der Waals surface area contributed by atoms with Crippen molar-refractivity contribution in [2.45, 2.75) is 69.5 Å². The van der Waals surface area contributed by atoms with Crippen LogP contribution in [0.2, 0.25) is 0 Å². The van der Waals surface area contributed by atoms with Crippen LogP contribution >= 0.6 is 0 Å². The molecule has 0 spiro atoms. The van der Waals surface area contributed by atoms with E-state index in [9.17, 15) is 13.2 Å². The molecule has 1 fully saturated rings. The molecule has 4 aromatic rings. The van der Waals surface area contributed by atoms with Crippen molar-refractivity contribution in [3.05, 3.63) is 54.6 Å². The quantitative estimate of drug-likeness (QED) is 0.445. The van der Waals surface area contributed by atoms with Gasteiger partial charge in [-0.15, -0.1) is 0 Å². The van der Waals surface area contributed by atoms with Crippen LogP contribution < -0.4 is 5.32 Å². The highest BCUT2D eigenvalue weighted by molar-refractivity contribution is 7.90. The average molecular weight is 496 g/mol. The molecule has 9 nitrogen and oxygen atoms in total. The summed E-state index contributed by atoms with van der Waals surface area (Å²) in [4.78, 5) is 21.6. The topological polar surface area (TPSA) is 108 Å². The molecule has 0 unspecified atom stereocenters. The summed E-state index contributed by atoms with van der Waals surface area (Å²) in [6.45, 7) is 7.47. The van der Waals surface area contributed by atoms with Gasteiger partial charge in [-0.25, -0.2) is 27.2 Å². The van der Waals surface area contributed by atoms with E-state index >= 15 is 0 Å². The maximum absolute atomic E-state index is 13.3. The van der Waals surface area contributed by atoms with E-state index in [1.807, 2.05) is 27.7 Å². The summed E-state index contributed by atoms with van der Waals surface area (Å²) in [6.07, 6.45) is 5.18. The lowest BCUT2D eigenvalue weighted by Gasteiger charge is -2.22. The molecular weight excluding hydrogens is 466 g/mol. The molecule has 3 aromatic heterocycles. The van der Waals surface area contributed by atoms with Gasteiger partial charge in [-0.2, -0.15) is 0 Å². The molecular formula is C25H29N5O4S. The number of benzene rings is 1. The number of hydrogen-bond donors (Lipinski definition) is 1. The van der Waals surface area contributed by atoms with Crippen LogP contribution in [0.25, 0.3) is 22.1 Å². The minimum absolute atomic E-state index is 0.00733. The molecule has 1 aromatic carbocycles. The van der Waals surface area contributed by atoms with Crippen LogP contribution in [0, 0.1) is 6.92 Å². The van der Waals surface area contributed by atoms with Crippen molar-refractivity contribution in [2.24, 2.45) is 0 Å². The zero-order valence-corrected chi connectivity index (χ0v) is 21.0. The highest BCUT2D eigenvalue weighted by Crippen LogP contribution is 2.36. The molecule has 10 heteroatoms. The van der Waals surface area contributed by atoms with E-state index in [2.05, 4.69) is 14.9 Å². The minimum atomic E-state index is -3.79. The Morgan fingerprint density at radius 2 is 1.89 bits per heavy atom. The van der Waals surface area contributed by atoms with Gasteiger partial charge in [-0.05, 0) is 65.2 Å². The average Bonchev–Trinajstić information content (AvgIpc) is 3.48. The summed E-state index contributed by atoms with van der Waals surface area (Å²) in [7, 11) is -3.79. The number of imidazole rings is 1. The van der Waals surface area contributed by atoms with Gasteiger partial charge in [0.2, 0.25) is 0 Å². The van der Waals surface area contributed by atoms with E-state index < -0.39 is 21.7 Å². The number of fused-ring (bicyclic) bond motifs is 3. The van der Waals surface area contributed by atoms with Crippen molar-refractivity contribution in [1.82, 2.24) is 23.8 Å². The van der Waals surface area contributed by atoms with Crippen LogP contribution in [-0.2, 0) is 14.8 Å². The van der Waals surface area contributed by atoms with Crippen molar-refractivity contribution >= 4 is 38.2 Å². The first kappa shape index (κ1) is 23.3. The normalized spacial score (nSPS) is 18.9. The molecule has 0 saturated heterocycles. The van der Waals surface area contributed by atoms with Crippen LogP contribution in [0.15, 0.2) is 53.7 Å². The van der Waals surface area contributed by atoms with E-state index in [1.165, 1.54) is 3.97 Å². The zero-order chi connectivity index (χ0) is 25.0. The van der Waals surface area contributed by atoms with Gasteiger partial charge in [0.15, 0.2) is 5.65 Å². The summed E-state index contributed by atoms with van der Waals surface area (Å²) >= 11 is 0. The highest BCUT2D eigenvalue weighted by atomic mass is 32.2. The van der Waals surface area contributed by atoms with Gasteiger partial charge in [0.1, 0.15) is 16.9 Å². The van der Waals surface area contributed by atoms with Crippen LogP contribution in [0.5, 0.6) is 0 Å². The molecule has 35 heavy (non-hydrogen) atoms. The fourth-order valence-corrected chi connectivity index (χ4v) is 6.23. The lowest BCUT2D eigenvalue weighted by atomic mass is 10.2. The number of amides is 1. The smallest absolute Gasteiger partial charge is 0.407 e. The number of rotatable bonds is 4. The Bertz CT molecular complexity index is 1520. The van der Waals surface area contributed by atoms with Gasteiger partial charge in [0.25, 0.3) is 10.0 Å². The third-order valence-electron chi connectivity index (χ3n) is 6.30. The number of nitrogens with one attached hydrogen (secondary N) is 1. The largest absolute Gasteiger partial charge is 0.444 e. The molecule has 0 radical (unpaired) electrons. The van der Waals surface area contributed by atoms with Crippen molar-refractivity contribution in [3.63, 3.8) is 0 Å². The lowest BCUT2D eigenvalue weighted by Crippen LogP contribution is -2.38. The summed E-state index contributed by atoms with van der Waals surface area (Å²) < 4.78 is 35.4. The van der Waals surface area contributed by atoms with Gasteiger partial charge in [-0.1, -0.05) is 18.2 Å². The minimum Gasteiger partial charge on any atom is -0.444 e. The van der Waals surface area contributed by atoms with Crippen molar-refractivity contribution < 1.29 is 17.9 Å². The Labute approximate surface area is 204 Å². The van der Waals surface area contributed by atoms with Gasteiger partial charge in [-0.3, -0.25) is 0 Å². The molecule has 0 aliphatic heterocycles. The first-order valence-corrected chi connectivity index (χ1v) is 13.1. The Morgan fingerprint density at radius 3 is 2.60 bits per heavy atom. The monoisotopic (exact) mass is 495 g/mol. The molecule has 1 aliphatic carbocycles. The number of aryl methyl sites for hydroxylation is 1. The van der Waals surface area contributed by atoms with Gasteiger partial charge >= 0.3 is 6.09 Å². The second kappa shape index (κ2) is 8.37. The highest BCUT2D eigenvalue weighted by Gasteiger charge is 2.31. The third kappa shape index (κ3) is 4.27. The summed E-state index contributed by atoms with van der Waals surface area (Å²) in [5, 5.41) is 3.71. The molecule has 3 heterocycles. The first-order chi connectivity index (χ1) is 16.5. The molecule has 1 saturated carbocycles. The van der Waals surface area contributed by atoms with Gasteiger partial charge in [0.05, 0.1) is 16.6 Å². The van der Waals surface area contributed by atoms with Gasteiger partial charge in [0, 0.05) is 23.7 Å². The number of nitrogens with zero attached hydrogens (tertiary/aromatic N) is 4. The second-order valence-electron chi connectivity index (χ2n) is 10.00. The molecule has 1 N–H and O–H groups in total. The summed E-state index contributed by atoms with van der Waals surface area (Å²) in [5.41, 5.74) is 1.39. The van der Waals surface area contributed by atoms with Crippen molar-refractivity contribution in [1.29, 1.82) is 0 Å². The van der Waals surface area contributed by atoms with Crippen LogP contribution in [0.3, 0.4) is 0 Å². The fraction of sp³-hybridized carbons (Fsp3) is 0.400. The number of pyridine rings is 1. The summed E-state index contributed by atoms with van der Waals surface area (Å²) in [5.74, 6) is 0.830. The predicted molar refractivity (Wildman–Crippen MR) is 133 cm³/mol. The van der Waals surface area contributed by atoms with Gasteiger partial charge < -0.3 is 14.6 Å². The van der Waals surface area contributed by atoms with Crippen LogP contribution in [0.4, 0.5) is 4.79 Å². The first-order valence-electron chi connectivity index (χ1n) is 11.7. The molecule has 1 amide bonds. The number of aromatic nitrogens is 4. The number of ether oxygens (including phenoxy) is 1. The SMILES string of the molecule is Cc1nc2cnc3c(ccn3S(=O)(=O)c3ccccc3)c2n1[C@@H]1CC[C@@H](NC(=O)OC(C)(C)C)C1. The second-order valence-corrected chi connectivity index (χ2v) is 11.8. The lowest BCUT2D eigenvalue weighted by molar-refractivity contribution is 0.0505. The Morgan fingerprint density at radius 1 is 1.14 bits per heavy atom. The Kier molecular flexibility index (Phi) is 5.58. The number of carbonyl (C=O) groups is 1.